The molecular formula is C19H25N5O3. The van der Waals surface area contributed by atoms with E-state index in [1.165, 1.54) is 0 Å². The highest BCUT2D eigenvalue weighted by Gasteiger charge is 2.31. The molecule has 0 aliphatic carbocycles. The van der Waals surface area contributed by atoms with Crippen molar-refractivity contribution in [2.45, 2.75) is 26.0 Å². The summed E-state index contributed by atoms with van der Waals surface area (Å²) >= 11 is 0. The molecule has 8 nitrogen and oxygen atoms in total. The summed E-state index contributed by atoms with van der Waals surface area (Å²) in [4.78, 5) is 21.5. The minimum absolute atomic E-state index is 0.0634. The Labute approximate surface area is 158 Å². The van der Waals surface area contributed by atoms with Crippen LogP contribution in [0.15, 0.2) is 28.8 Å². The van der Waals surface area contributed by atoms with Crippen LogP contribution in [0.1, 0.15) is 28.5 Å². The number of aryl methyl sites for hydroxylation is 1. The lowest BCUT2D eigenvalue weighted by Gasteiger charge is -2.32. The van der Waals surface area contributed by atoms with Crippen molar-refractivity contribution in [3.63, 3.8) is 0 Å². The Morgan fingerprint density at radius 3 is 2.96 bits per heavy atom. The Hall–Kier alpha value is -2.45. The lowest BCUT2D eigenvalue weighted by atomic mass is 10.2. The van der Waals surface area contributed by atoms with Gasteiger partial charge in [0.15, 0.2) is 6.61 Å². The predicted octanol–water partition coefficient (Wildman–Crippen LogP) is 1.08. The number of nitrogens with one attached hydrogen (secondary N) is 1. The zero-order valence-electron chi connectivity index (χ0n) is 15.6. The number of hydrogen-bond acceptors (Lipinski definition) is 7. The minimum atomic E-state index is 0.0634. The van der Waals surface area contributed by atoms with E-state index in [9.17, 15) is 4.79 Å². The zero-order valence-corrected chi connectivity index (χ0v) is 15.6. The van der Waals surface area contributed by atoms with Crippen molar-refractivity contribution in [2.75, 3.05) is 39.3 Å². The molecule has 1 unspecified atom stereocenters. The van der Waals surface area contributed by atoms with E-state index in [4.69, 9.17) is 9.26 Å². The van der Waals surface area contributed by atoms with E-state index in [1.54, 1.807) is 13.0 Å². The molecule has 27 heavy (non-hydrogen) atoms. The largest absolute Gasteiger partial charge is 0.485 e. The lowest BCUT2D eigenvalue weighted by Crippen LogP contribution is -2.49. The van der Waals surface area contributed by atoms with Gasteiger partial charge in [0.1, 0.15) is 5.75 Å². The maximum atomic E-state index is 12.9. The molecule has 1 aromatic carbocycles. The van der Waals surface area contributed by atoms with Gasteiger partial charge in [0, 0.05) is 57.8 Å². The molecule has 2 fully saturated rings. The van der Waals surface area contributed by atoms with Gasteiger partial charge in [-0.05, 0) is 24.6 Å². The third-order valence-electron chi connectivity index (χ3n) is 5.14. The number of ether oxygens (including phenoxy) is 1. The Morgan fingerprint density at radius 1 is 1.33 bits per heavy atom. The fourth-order valence-corrected chi connectivity index (χ4v) is 3.72. The highest BCUT2D eigenvalue weighted by atomic mass is 16.5. The molecule has 1 atom stereocenters. The predicted molar refractivity (Wildman–Crippen MR) is 98.6 cm³/mol. The van der Waals surface area contributed by atoms with Crippen LogP contribution in [0.2, 0.25) is 0 Å². The first-order valence-corrected chi connectivity index (χ1v) is 9.45. The molecule has 4 rings (SSSR count). The van der Waals surface area contributed by atoms with Crippen LogP contribution in [-0.2, 0) is 6.61 Å². The van der Waals surface area contributed by atoms with Crippen LogP contribution in [0.5, 0.6) is 5.75 Å². The van der Waals surface area contributed by atoms with Crippen LogP contribution in [0.4, 0.5) is 0 Å². The Balaban J connectivity index is 1.36. The first-order valence-electron chi connectivity index (χ1n) is 9.45. The van der Waals surface area contributed by atoms with Crippen molar-refractivity contribution in [1.29, 1.82) is 0 Å². The summed E-state index contributed by atoms with van der Waals surface area (Å²) in [6.45, 7) is 7.74. The van der Waals surface area contributed by atoms with Crippen LogP contribution in [0.3, 0.4) is 0 Å². The number of carbonyl (C=O) groups excluding carboxylic acids is 1. The van der Waals surface area contributed by atoms with Crippen molar-refractivity contribution in [3.05, 3.63) is 41.5 Å². The number of amides is 1. The summed E-state index contributed by atoms with van der Waals surface area (Å²) in [5.74, 6) is 1.68. The summed E-state index contributed by atoms with van der Waals surface area (Å²) in [7, 11) is 0. The summed E-state index contributed by atoms with van der Waals surface area (Å²) < 4.78 is 10.6. The van der Waals surface area contributed by atoms with Crippen molar-refractivity contribution in [2.24, 2.45) is 0 Å². The molecule has 1 N–H and O–H groups in total. The number of rotatable bonds is 5. The van der Waals surface area contributed by atoms with Gasteiger partial charge in [-0.25, -0.2) is 0 Å². The van der Waals surface area contributed by atoms with Crippen molar-refractivity contribution in [1.82, 2.24) is 25.3 Å². The zero-order chi connectivity index (χ0) is 18.6. The lowest BCUT2D eigenvalue weighted by molar-refractivity contribution is 0.0773. The number of nitrogens with zero attached hydrogens (tertiary/aromatic N) is 4. The number of carbonyl (C=O) groups is 1. The summed E-state index contributed by atoms with van der Waals surface area (Å²) in [5, 5.41) is 7.19. The van der Waals surface area contributed by atoms with E-state index in [2.05, 4.69) is 20.4 Å². The van der Waals surface area contributed by atoms with E-state index in [-0.39, 0.29) is 12.5 Å². The molecule has 1 amide bonds. The van der Waals surface area contributed by atoms with Gasteiger partial charge in [0.25, 0.3) is 5.91 Å². The second-order valence-electron chi connectivity index (χ2n) is 7.03. The van der Waals surface area contributed by atoms with E-state index in [1.807, 2.05) is 23.1 Å². The smallest absolute Gasteiger partial charge is 0.254 e. The number of hydrogen-bond donors (Lipinski definition) is 1. The summed E-state index contributed by atoms with van der Waals surface area (Å²) in [5.41, 5.74) is 0.651. The fourth-order valence-electron chi connectivity index (χ4n) is 3.72. The van der Waals surface area contributed by atoms with Crippen molar-refractivity contribution < 1.29 is 14.1 Å². The Bertz CT molecular complexity index is 787. The molecule has 2 aliphatic heterocycles. The molecule has 3 heterocycles. The third-order valence-corrected chi connectivity index (χ3v) is 5.14. The van der Waals surface area contributed by atoms with Crippen LogP contribution < -0.4 is 10.1 Å². The molecule has 2 saturated heterocycles. The molecule has 0 radical (unpaired) electrons. The topological polar surface area (TPSA) is 83.7 Å². The molecule has 2 aliphatic rings. The second-order valence-corrected chi connectivity index (χ2v) is 7.03. The molecule has 144 valence electrons. The second kappa shape index (κ2) is 8.06. The van der Waals surface area contributed by atoms with Crippen LogP contribution in [-0.4, -0.2) is 71.2 Å². The van der Waals surface area contributed by atoms with E-state index >= 15 is 0 Å². The van der Waals surface area contributed by atoms with Gasteiger partial charge in [0.2, 0.25) is 11.7 Å². The van der Waals surface area contributed by atoms with Gasteiger partial charge < -0.3 is 19.5 Å². The maximum Gasteiger partial charge on any atom is 0.254 e. The third kappa shape index (κ3) is 4.28. The van der Waals surface area contributed by atoms with Crippen molar-refractivity contribution >= 4 is 5.91 Å². The average molecular weight is 371 g/mol. The average Bonchev–Trinajstić information content (AvgIpc) is 3.36. The van der Waals surface area contributed by atoms with Gasteiger partial charge in [-0.3, -0.25) is 9.69 Å². The fraction of sp³-hybridized carbons (Fsp3) is 0.526. The number of piperazine rings is 1. The van der Waals surface area contributed by atoms with Gasteiger partial charge in [-0.1, -0.05) is 11.2 Å². The minimum Gasteiger partial charge on any atom is -0.485 e. The van der Waals surface area contributed by atoms with Crippen LogP contribution in [0, 0.1) is 6.92 Å². The molecular weight excluding hydrogens is 346 g/mol. The summed E-state index contributed by atoms with van der Waals surface area (Å²) in [6.07, 6.45) is 1.04. The molecule has 2 aromatic rings. The Kier molecular flexibility index (Phi) is 5.35. The Morgan fingerprint density at radius 2 is 2.19 bits per heavy atom. The molecule has 0 bridgehead atoms. The normalized spacial score (nSPS) is 20.8. The van der Waals surface area contributed by atoms with Crippen LogP contribution >= 0.6 is 0 Å². The number of benzene rings is 1. The summed E-state index contributed by atoms with van der Waals surface area (Å²) in [6, 6.07) is 7.77. The van der Waals surface area contributed by atoms with Gasteiger partial charge in [-0.2, -0.15) is 4.98 Å². The highest BCUT2D eigenvalue weighted by Crippen LogP contribution is 2.21. The first-order chi connectivity index (χ1) is 13.2. The first kappa shape index (κ1) is 17.9. The number of likely N-dealkylation sites (tertiary alicyclic amines) is 1. The molecule has 0 saturated carbocycles. The van der Waals surface area contributed by atoms with E-state index < -0.39 is 0 Å². The van der Waals surface area contributed by atoms with Crippen molar-refractivity contribution in [3.8, 4) is 5.75 Å². The monoisotopic (exact) mass is 371 g/mol. The number of aromatic nitrogens is 2. The highest BCUT2D eigenvalue weighted by molar-refractivity contribution is 5.94. The van der Waals surface area contributed by atoms with Gasteiger partial charge in [-0.15, -0.1) is 0 Å². The SMILES string of the molecule is Cc1nc(COc2cccc(C(=O)N3CCC(N4CCNCC4)C3)c2)no1. The molecule has 1 aromatic heterocycles. The van der Waals surface area contributed by atoms with Gasteiger partial charge in [0.05, 0.1) is 0 Å². The standard InChI is InChI=1S/C19H25N5O3/c1-14-21-18(22-27-14)13-26-17-4-2-3-15(11-17)19(25)24-8-5-16(12-24)23-9-6-20-7-10-23/h2-4,11,16,20H,5-10,12-13H2,1H3. The van der Waals surface area contributed by atoms with Gasteiger partial charge >= 0.3 is 0 Å². The van der Waals surface area contributed by atoms with E-state index in [0.717, 1.165) is 45.7 Å². The molecule has 0 spiro atoms. The molecule has 8 heteroatoms. The quantitative estimate of drug-likeness (QED) is 0.842. The van der Waals surface area contributed by atoms with Crippen LogP contribution in [0.25, 0.3) is 0 Å². The van der Waals surface area contributed by atoms with E-state index in [0.29, 0.717) is 29.1 Å². The maximum absolute atomic E-state index is 12.9.